The van der Waals surface area contributed by atoms with Gasteiger partial charge in [0.15, 0.2) is 0 Å². The predicted octanol–water partition coefficient (Wildman–Crippen LogP) is 3.46. The highest BCUT2D eigenvalue weighted by molar-refractivity contribution is 7.85. The number of rotatable bonds is 5. The van der Waals surface area contributed by atoms with Gasteiger partial charge in [-0.05, 0) is 80.8 Å². The van der Waals surface area contributed by atoms with E-state index < -0.39 is 10.1 Å². The van der Waals surface area contributed by atoms with Crippen LogP contribution >= 0.6 is 0 Å². The fourth-order valence-corrected chi connectivity index (χ4v) is 8.76. The third kappa shape index (κ3) is 4.22. The quantitative estimate of drug-likeness (QED) is 0.441. The van der Waals surface area contributed by atoms with Crippen LogP contribution in [0.5, 0.6) is 0 Å². The summed E-state index contributed by atoms with van der Waals surface area (Å²) in [6.07, 6.45) is 5.58. The van der Waals surface area contributed by atoms with Gasteiger partial charge in [-0.2, -0.15) is 8.42 Å². The number of nitrogens with one attached hydrogen (secondary N) is 1. The van der Waals surface area contributed by atoms with Crippen molar-refractivity contribution < 1.29 is 13.0 Å². The van der Waals surface area contributed by atoms with Crippen LogP contribution in [-0.4, -0.2) is 50.4 Å². The van der Waals surface area contributed by atoms with Crippen molar-refractivity contribution in [3.8, 4) is 0 Å². The molecule has 1 atom stereocenters. The van der Waals surface area contributed by atoms with E-state index in [0.29, 0.717) is 5.92 Å². The summed E-state index contributed by atoms with van der Waals surface area (Å²) in [5.74, 6) is 0.111. The van der Waals surface area contributed by atoms with E-state index in [-0.39, 0.29) is 23.3 Å². The second-order valence-corrected chi connectivity index (χ2v) is 14.9. The van der Waals surface area contributed by atoms with E-state index in [1.807, 2.05) is 0 Å². The molecule has 2 aromatic carbocycles. The van der Waals surface area contributed by atoms with E-state index in [1.54, 1.807) is 0 Å². The van der Waals surface area contributed by atoms with Crippen molar-refractivity contribution >= 4 is 21.5 Å². The van der Waals surface area contributed by atoms with Crippen LogP contribution in [0.3, 0.4) is 0 Å². The van der Waals surface area contributed by atoms with E-state index in [2.05, 4.69) is 74.5 Å². The maximum Gasteiger partial charge on any atom is 0.266 e. The third-order valence-corrected chi connectivity index (χ3v) is 10.6. The highest BCUT2D eigenvalue weighted by Crippen LogP contribution is 2.48. The Kier molecular flexibility index (Phi) is 6.24. The van der Waals surface area contributed by atoms with Crippen LogP contribution in [0.25, 0.3) is 5.70 Å². The van der Waals surface area contributed by atoms with Crippen LogP contribution in [0.15, 0.2) is 18.2 Å². The van der Waals surface area contributed by atoms with Crippen LogP contribution in [0.1, 0.15) is 100 Å². The van der Waals surface area contributed by atoms with Gasteiger partial charge in [0.1, 0.15) is 13.1 Å². The zero-order chi connectivity index (χ0) is 27.9. The molecule has 0 saturated heterocycles. The van der Waals surface area contributed by atoms with Crippen molar-refractivity contribution in [1.82, 2.24) is 9.89 Å². The highest BCUT2D eigenvalue weighted by atomic mass is 32.2. The Morgan fingerprint density at radius 3 is 2.51 bits per heavy atom. The van der Waals surface area contributed by atoms with E-state index in [9.17, 15) is 13.0 Å². The molecule has 6 rings (SSSR count). The molecule has 1 aliphatic carbocycles. The molecule has 0 aromatic heterocycles. The smallest absolute Gasteiger partial charge is 0.266 e. The monoisotopic (exact) mass is 550 g/mol. The number of hydrogen-bond donors (Lipinski definition) is 2. The number of fused-ring (bicyclic) bond motifs is 4. The van der Waals surface area contributed by atoms with Crippen molar-refractivity contribution in [2.24, 2.45) is 0 Å². The Morgan fingerprint density at radius 1 is 1.10 bits per heavy atom. The molecule has 0 fully saturated rings. The molecule has 0 spiro atoms. The second kappa shape index (κ2) is 9.07. The maximum absolute atomic E-state index is 11.7. The number of benzene rings is 2. The predicted molar refractivity (Wildman–Crippen MR) is 159 cm³/mol. The number of nitrogens with zero attached hydrogens (tertiary/aromatic N) is 2. The summed E-state index contributed by atoms with van der Waals surface area (Å²) in [7, 11) is -4.06. The van der Waals surface area contributed by atoms with Gasteiger partial charge in [0.2, 0.25) is 5.36 Å². The largest absolute Gasteiger partial charge is 0.383 e. The van der Waals surface area contributed by atoms with Gasteiger partial charge in [-0.3, -0.25) is 4.55 Å². The number of aryl methyl sites for hydroxylation is 1. The summed E-state index contributed by atoms with van der Waals surface area (Å²) in [5, 5.41) is 6.21. The zero-order valence-electron chi connectivity index (χ0n) is 24.4. The van der Waals surface area contributed by atoms with E-state index in [4.69, 9.17) is 0 Å². The molecule has 2 aromatic rings. The molecular weight excluding hydrogens is 506 g/mol. The average molecular weight is 551 g/mol. The number of anilines is 1. The van der Waals surface area contributed by atoms with Gasteiger partial charge in [0.05, 0.1) is 5.75 Å². The molecule has 1 unspecified atom stereocenters. The lowest BCUT2D eigenvalue weighted by molar-refractivity contribution is 0.381. The van der Waals surface area contributed by atoms with E-state index >= 15 is 0 Å². The lowest BCUT2D eigenvalue weighted by Crippen LogP contribution is -2.50. The van der Waals surface area contributed by atoms with Gasteiger partial charge in [-0.25, -0.2) is 4.58 Å². The summed E-state index contributed by atoms with van der Waals surface area (Å²) in [4.78, 5) is 2.57. The van der Waals surface area contributed by atoms with Crippen LogP contribution in [0, 0.1) is 0 Å². The standard InChI is InChI=1S/C32H43N3O3S/c1-7-35-27-18-26-24(17-23(27)20(2)19-31(35,3)4)29(33-12-15-39(36,37)38)25-16-21-10-8-13-34-14-9-11-22(30(21)34)28(25)32(26,5)6/h16-18,20H,7-15,19H2,1-6H3,(H,36,37,38)/p+1. The van der Waals surface area contributed by atoms with Crippen molar-refractivity contribution in [2.45, 2.75) is 90.5 Å². The number of hydrogen-bond acceptors (Lipinski definition) is 4. The Labute approximate surface area is 233 Å². The first-order valence-corrected chi connectivity index (χ1v) is 16.4. The Bertz CT molecular complexity index is 1600. The Hall–Kier alpha value is -2.38. The molecule has 7 heteroatoms. The molecule has 0 radical (unpaired) electrons. The fraction of sp³-hybridized carbons (Fsp3) is 0.594. The molecule has 210 valence electrons. The van der Waals surface area contributed by atoms with Crippen LogP contribution in [0.2, 0.25) is 0 Å². The normalized spacial score (nSPS) is 22.5. The van der Waals surface area contributed by atoms with E-state index in [1.165, 1.54) is 56.1 Å². The van der Waals surface area contributed by atoms with Gasteiger partial charge < -0.3 is 10.2 Å². The van der Waals surface area contributed by atoms with Crippen molar-refractivity contribution in [3.63, 3.8) is 0 Å². The minimum Gasteiger partial charge on any atom is -0.383 e. The molecule has 6 nitrogen and oxygen atoms in total. The van der Waals surface area contributed by atoms with Crippen molar-refractivity contribution in [3.05, 3.63) is 62.2 Å². The molecule has 39 heavy (non-hydrogen) atoms. The minimum atomic E-state index is -4.06. The molecule has 3 aliphatic heterocycles. The molecule has 3 heterocycles. The fourth-order valence-electron chi connectivity index (χ4n) is 8.40. The SMILES string of the molecule is CCN1c2cc3c(cc2C(C)CC1(C)C)C(NCCS(=O)(=O)O)=c1cc2c4c(c1C3(C)C)CCC[N+]=4CCC2. The van der Waals surface area contributed by atoms with Gasteiger partial charge >= 0.3 is 0 Å². The summed E-state index contributed by atoms with van der Waals surface area (Å²) in [5.41, 5.74) is 10.4. The molecular formula is C32H44N3O3S+. The second-order valence-electron chi connectivity index (χ2n) is 13.3. The highest BCUT2D eigenvalue weighted by Gasteiger charge is 2.42. The molecule has 0 amide bonds. The summed E-state index contributed by atoms with van der Waals surface area (Å²) in [6.45, 7) is 17.4. The van der Waals surface area contributed by atoms with Crippen LogP contribution < -0.4 is 25.4 Å². The molecule has 4 aliphatic rings. The first kappa shape index (κ1) is 26.8. The topological polar surface area (TPSA) is 72.7 Å². The lowest BCUT2D eigenvalue weighted by atomic mass is 9.66. The van der Waals surface area contributed by atoms with Crippen LogP contribution in [-0.2, 0) is 28.4 Å². The summed E-state index contributed by atoms with van der Waals surface area (Å²) < 4.78 is 35.4. The third-order valence-electron chi connectivity index (χ3n) is 9.86. The van der Waals surface area contributed by atoms with E-state index in [0.717, 1.165) is 51.0 Å². The van der Waals surface area contributed by atoms with Gasteiger partial charge in [-0.1, -0.05) is 20.8 Å². The van der Waals surface area contributed by atoms with Gasteiger partial charge in [0.25, 0.3) is 10.1 Å². The minimum absolute atomic E-state index is 0.0813. The average Bonchev–Trinajstić information content (AvgIpc) is 2.85. The van der Waals surface area contributed by atoms with Crippen molar-refractivity contribution in [1.29, 1.82) is 0 Å². The lowest BCUT2D eigenvalue weighted by Gasteiger charge is -2.48. The van der Waals surface area contributed by atoms with Gasteiger partial charge in [0, 0.05) is 70.2 Å². The summed E-state index contributed by atoms with van der Waals surface area (Å²) >= 11 is 0. The molecule has 0 bridgehead atoms. The zero-order valence-corrected chi connectivity index (χ0v) is 25.3. The Morgan fingerprint density at radius 2 is 1.82 bits per heavy atom. The first-order valence-electron chi connectivity index (χ1n) is 14.8. The molecule has 2 N–H and O–H groups in total. The van der Waals surface area contributed by atoms with Gasteiger partial charge in [-0.15, -0.1) is 0 Å². The maximum atomic E-state index is 11.7. The van der Waals surface area contributed by atoms with Crippen molar-refractivity contribution in [2.75, 3.05) is 36.8 Å². The summed E-state index contributed by atoms with van der Waals surface area (Å²) in [6, 6.07) is 7.24. The molecule has 0 saturated carbocycles. The first-order chi connectivity index (χ1) is 18.3. The Balaban J connectivity index is 1.68. The van der Waals surface area contributed by atoms with Crippen LogP contribution in [0.4, 0.5) is 5.69 Å².